The average Bonchev–Trinajstić information content (AvgIpc) is 2.48. The highest BCUT2D eigenvalue weighted by Gasteiger charge is 2.37. The molecule has 0 unspecified atom stereocenters. The molecule has 9 heavy (non-hydrogen) atoms. The third kappa shape index (κ3) is 1.98. The summed E-state index contributed by atoms with van der Waals surface area (Å²) in [5, 5.41) is 0. The van der Waals surface area contributed by atoms with Gasteiger partial charge in [0.1, 0.15) is 0 Å². The quantitative estimate of drug-likeness (QED) is 0.614. The summed E-state index contributed by atoms with van der Waals surface area (Å²) in [5.41, 5.74) is 6.20. The van der Waals surface area contributed by atoms with Crippen LogP contribution in [0.1, 0.15) is 33.1 Å². The largest absolute Gasteiger partial charge is 0.330 e. The summed E-state index contributed by atoms with van der Waals surface area (Å²) in [6.07, 6.45) is 4.19. The second-order valence-corrected chi connectivity index (χ2v) is 3.86. The third-order valence-electron chi connectivity index (χ3n) is 2.35. The Morgan fingerprint density at radius 3 is 2.44 bits per heavy atom. The monoisotopic (exact) mass is 127 g/mol. The molecule has 0 aromatic heterocycles. The molecule has 1 saturated carbocycles. The Morgan fingerprint density at radius 2 is 2.11 bits per heavy atom. The maximum Gasteiger partial charge on any atom is -0.00513 e. The molecule has 0 bridgehead atoms. The van der Waals surface area contributed by atoms with Crippen molar-refractivity contribution < 1.29 is 0 Å². The molecule has 0 radical (unpaired) electrons. The van der Waals surface area contributed by atoms with E-state index in [0.29, 0.717) is 5.41 Å². The molecule has 0 aromatic carbocycles. The van der Waals surface area contributed by atoms with Gasteiger partial charge in [0.05, 0.1) is 0 Å². The van der Waals surface area contributed by atoms with E-state index in [1.165, 1.54) is 19.3 Å². The summed E-state index contributed by atoms with van der Waals surface area (Å²) in [6.45, 7) is 5.46. The van der Waals surface area contributed by atoms with E-state index in [9.17, 15) is 0 Å². The molecule has 0 spiro atoms. The van der Waals surface area contributed by atoms with Crippen molar-refractivity contribution in [3.8, 4) is 0 Å². The summed E-state index contributed by atoms with van der Waals surface area (Å²) >= 11 is 0. The molecule has 0 saturated heterocycles. The molecule has 1 rings (SSSR count). The van der Waals surface area contributed by atoms with Crippen LogP contribution in [-0.4, -0.2) is 6.54 Å². The number of hydrogen-bond acceptors (Lipinski definition) is 1. The fourth-order valence-electron chi connectivity index (χ4n) is 1.34. The molecule has 1 heteroatoms. The first-order valence-corrected chi connectivity index (χ1v) is 3.86. The Hall–Kier alpha value is -0.0400. The van der Waals surface area contributed by atoms with E-state index in [2.05, 4.69) is 13.8 Å². The Balaban J connectivity index is 2.17. The zero-order chi connectivity index (χ0) is 6.91. The van der Waals surface area contributed by atoms with E-state index in [-0.39, 0.29) is 0 Å². The van der Waals surface area contributed by atoms with Gasteiger partial charge in [-0.25, -0.2) is 0 Å². The van der Waals surface area contributed by atoms with Crippen molar-refractivity contribution in [3.05, 3.63) is 0 Å². The van der Waals surface area contributed by atoms with Crippen molar-refractivity contribution in [1.82, 2.24) is 0 Å². The highest BCUT2D eigenvalue weighted by Crippen LogP contribution is 2.49. The Kier molecular flexibility index (Phi) is 1.80. The Labute approximate surface area is 57.6 Å². The fraction of sp³-hybridized carbons (Fsp3) is 1.00. The Bertz CT molecular complexity index is 94.7. The Morgan fingerprint density at radius 1 is 1.56 bits per heavy atom. The van der Waals surface area contributed by atoms with Crippen LogP contribution in [-0.2, 0) is 0 Å². The van der Waals surface area contributed by atoms with Gasteiger partial charge < -0.3 is 5.73 Å². The van der Waals surface area contributed by atoms with Crippen LogP contribution in [0.4, 0.5) is 0 Å². The highest BCUT2D eigenvalue weighted by molar-refractivity contribution is 4.89. The lowest BCUT2D eigenvalue weighted by molar-refractivity contribution is 0.405. The molecule has 0 heterocycles. The predicted octanol–water partition coefficient (Wildman–Crippen LogP) is 1.77. The molecule has 1 aliphatic carbocycles. The van der Waals surface area contributed by atoms with Crippen LogP contribution in [0.25, 0.3) is 0 Å². The lowest BCUT2D eigenvalue weighted by Crippen LogP contribution is -2.14. The average molecular weight is 127 g/mol. The van der Waals surface area contributed by atoms with Gasteiger partial charge in [-0.3, -0.25) is 0 Å². The lowest BCUT2D eigenvalue weighted by Gasteiger charge is -2.12. The van der Waals surface area contributed by atoms with E-state index >= 15 is 0 Å². The van der Waals surface area contributed by atoms with Gasteiger partial charge in [0.25, 0.3) is 0 Å². The smallest absolute Gasteiger partial charge is 0.00513 e. The minimum Gasteiger partial charge on any atom is -0.330 e. The van der Waals surface area contributed by atoms with Crippen molar-refractivity contribution in [2.45, 2.75) is 33.1 Å². The first-order valence-electron chi connectivity index (χ1n) is 3.86. The van der Waals surface area contributed by atoms with Crippen molar-refractivity contribution in [2.75, 3.05) is 6.54 Å². The highest BCUT2D eigenvalue weighted by atomic mass is 14.6. The van der Waals surface area contributed by atoms with Gasteiger partial charge in [0.15, 0.2) is 0 Å². The summed E-state index contributed by atoms with van der Waals surface area (Å²) in [5.74, 6) is 0.734. The van der Waals surface area contributed by atoms with Crippen LogP contribution in [0.5, 0.6) is 0 Å². The zero-order valence-corrected chi connectivity index (χ0v) is 6.48. The van der Waals surface area contributed by atoms with Gasteiger partial charge >= 0.3 is 0 Å². The molecule has 1 aliphatic rings. The summed E-state index contributed by atoms with van der Waals surface area (Å²) < 4.78 is 0. The summed E-state index contributed by atoms with van der Waals surface area (Å²) in [7, 11) is 0. The number of rotatable bonds is 3. The molecule has 2 N–H and O–H groups in total. The second-order valence-electron chi connectivity index (χ2n) is 3.86. The molecule has 1 nitrogen and oxygen atoms in total. The molecule has 0 amide bonds. The molecule has 1 atom stereocenters. The molecular weight excluding hydrogens is 110 g/mol. The number of nitrogens with two attached hydrogens (primary N) is 1. The summed E-state index contributed by atoms with van der Waals surface area (Å²) in [4.78, 5) is 0. The van der Waals surface area contributed by atoms with E-state index < -0.39 is 0 Å². The van der Waals surface area contributed by atoms with Gasteiger partial charge in [-0.15, -0.1) is 0 Å². The van der Waals surface area contributed by atoms with Crippen molar-refractivity contribution in [2.24, 2.45) is 17.1 Å². The van der Waals surface area contributed by atoms with E-state index in [4.69, 9.17) is 5.73 Å². The van der Waals surface area contributed by atoms with Crippen molar-refractivity contribution >= 4 is 0 Å². The second kappa shape index (κ2) is 2.30. The standard InChI is InChI=1S/C8H17N/c1-7(6-9)5-8(2)3-4-8/h7H,3-6,9H2,1-2H3/t7-/m1/s1. The van der Waals surface area contributed by atoms with Crippen LogP contribution in [0.3, 0.4) is 0 Å². The first kappa shape index (κ1) is 7.07. The van der Waals surface area contributed by atoms with E-state index in [1.807, 2.05) is 0 Å². The lowest BCUT2D eigenvalue weighted by atomic mass is 9.95. The third-order valence-corrected chi connectivity index (χ3v) is 2.35. The van der Waals surface area contributed by atoms with Crippen LogP contribution in [0.15, 0.2) is 0 Å². The van der Waals surface area contributed by atoms with E-state index in [1.54, 1.807) is 0 Å². The van der Waals surface area contributed by atoms with Gasteiger partial charge in [0.2, 0.25) is 0 Å². The van der Waals surface area contributed by atoms with Crippen LogP contribution in [0, 0.1) is 11.3 Å². The van der Waals surface area contributed by atoms with Crippen LogP contribution < -0.4 is 5.73 Å². The van der Waals surface area contributed by atoms with Gasteiger partial charge in [-0.1, -0.05) is 13.8 Å². The van der Waals surface area contributed by atoms with Gasteiger partial charge in [0, 0.05) is 0 Å². The topological polar surface area (TPSA) is 26.0 Å². The normalized spacial score (nSPS) is 25.7. The molecule has 54 valence electrons. The van der Waals surface area contributed by atoms with Crippen molar-refractivity contribution in [1.29, 1.82) is 0 Å². The predicted molar refractivity (Wildman–Crippen MR) is 40.2 cm³/mol. The SMILES string of the molecule is C[C@@H](CN)CC1(C)CC1. The van der Waals surface area contributed by atoms with E-state index in [0.717, 1.165) is 12.5 Å². The molecular formula is C8H17N. The van der Waals surface area contributed by atoms with Gasteiger partial charge in [-0.05, 0) is 37.1 Å². The number of hydrogen-bond donors (Lipinski definition) is 1. The van der Waals surface area contributed by atoms with Crippen molar-refractivity contribution in [3.63, 3.8) is 0 Å². The minimum absolute atomic E-state index is 0.693. The molecule has 0 aromatic rings. The molecule has 0 aliphatic heterocycles. The first-order chi connectivity index (χ1) is 4.16. The minimum atomic E-state index is 0.693. The molecule has 1 fully saturated rings. The zero-order valence-electron chi connectivity index (χ0n) is 6.48. The summed E-state index contributed by atoms with van der Waals surface area (Å²) in [6, 6.07) is 0. The maximum atomic E-state index is 5.51. The van der Waals surface area contributed by atoms with Crippen LogP contribution >= 0.6 is 0 Å². The fourth-order valence-corrected chi connectivity index (χ4v) is 1.34. The maximum absolute atomic E-state index is 5.51. The van der Waals surface area contributed by atoms with Gasteiger partial charge in [-0.2, -0.15) is 0 Å². The van der Waals surface area contributed by atoms with Crippen LogP contribution in [0.2, 0.25) is 0 Å².